The molecule has 0 aromatic heterocycles. The topological polar surface area (TPSA) is 20.2 Å². The van der Waals surface area contributed by atoms with Crippen LogP contribution in [0.5, 0.6) is 0 Å². The zero-order valence-electron chi connectivity index (χ0n) is 9.88. The monoisotopic (exact) mass is 254 g/mol. The second-order valence-corrected chi connectivity index (χ2v) is 5.55. The van der Waals surface area contributed by atoms with Crippen molar-refractivity contribution in [2.45, 2.75) is 25.9 Å². The molecule has 1 aromatic carbocycles. The van der Waals surface area contributed by atoms with Crippen molar-refractivity contribution in [2.24, 2.45) is 5.92 Å². The van der Waals surface area contributed by atoms with Crippen LogP contribution >= 0.6 is 24.0 Å². The summed E-state index contributed by atoms with van der Waals surface area (Å²) in [5, 5.41) is 10.2. The Morgan fingerprint density at radius 3 is 2.31 bits per heavy atom. The van der Waals surface area contributed by atoms with E-state index in [-0.39, 0.29) is 11.8 Å². The SMILES string of the molecule is CSC(=S)[C@@H](C)[C@H](O)[C@@H](C)c1ccccc1. The summed E-state index contributed by atoms with van der Waals surface area (Å²) in [4.78, 5) is 0. The molecule has 0 aliphatic carbocycles. The van der Waals surface area contributed by atoms with E-state index in [1.165, 1.54) is 0 Å². The summed E-state index contributed by atoms with van der Waals surface area (Å²) >= 11 is 6.77. The third-order valence-corrected chi connectivity index (χ3v) is 4.57. The maximum atomic E-state index is 10.2. The highest BCUT2D eigenvalue weighted by molar-refractivity contribution is 8.22. The molecule has 88 valence electrons. The average Bonchev–Trinajstić information content (AvgIpc) is 2.36. The molecule has 1 aromatic rings. The van der Waals surface area contributed by atoms with Gasteiger partial charge in [-0.15, -0.1) is 11.8 Å². The minimum absolute atomic E-state index is 0.0419. The number of thioether (sulfide) groups is 1. The Hall–Kier alpha value is -0.380. The molecule has 1 nitrogen and oxygen atoms in total. The van der Waals surface area contributed by atoms with Gasteiger partial charge in [0.2, 0.25) is 0 Å². The first-order valence-corrected chi connectivity index (χ1v) is 7.02. The zero-order valence-corrected chi connectivity index (χ0v) is 11.5. The number of aliphatic hydroxyl groups excluding tert-OH is 1. The molecule has 1 N–H and O–H groups in total. The number of rotatable bonds is 4. The maximum absolute atomic E-state index is 10.2. The van der Waals surface area contributed by atoms with Gasteiger partial charge in [0.15, 0.2) is 0 Å². The fourth-order valence-electron chi connectivity index (χ4n) is 1.71. The third-order valence-electron chi connectivity index (χ3n) is 2.92. The molecule has 1 rings (SSSR count). The van der Waals surface area contributed by atoms with E-state index < -0.39 is 6.10 Å². The van der Waals surface area contributed by atoms with Gasteiger partial charge >= 0.3 is 0 Å². The van der Waals surface area contributed by atoms with E-state index in [0.717, 1.165) is 9.76 Å². The number of benzene rings is 1. The summed E-state index contributed by atoms with van der Waals surface area (Å²) in [5.41, 5.74) is 1.16. The predicted octanol–water partition coefficient (Wildman–Crippen LogP) is 3.48. The van der Waals surface area contributed by atoms with Crippen molar-refractivity contribution in [2.75, 3.05) is 6.26 Å². The van der Waals surface area contributed by atoms with E-state index in [1.807, 2.05) is 50.4 Å². The Kier molecular flexibility index (Phi) is 5.46. The van der Waals surface area contributed by atoms with Crippen molar-refractivity contribution in [3.63, 3.8) is 0 Å². The lowest BCUT2D eigenvalue weighted by Crippen LogP contribution is -2.28. The van der Waals surface area contributed by atoms with Crippen molar-refractivity contribution < 1.29 is 5.11 Å². The minimum atomic E-state index is -0.414. The van der Waals surface area contributed by atoms with Gasteiger partial charge in [0, 0.05) is 11.8 Å². The third kappa shape index (κ3) is 3.30. The van der Waals surface area contributed by atoms with Crippen LogP contribution in [0.4, 0.5) is 0 Å². The number of hydrogen-bond acceptors (Lipinski definition) is 3. The quantitative estimate of drug-likeness (QED) is 0.831. The molecule has 0 radical (unpaired) electrons. The molecule has 0 unspecified atom stereocenters. The van der Waals surface area contributed by atoms with E-state index in [9.17, 15) is 5.11 Å². The van der Waals surface area contributed by atoms with E-state index >= 15 is 0 Å². The first-order valence-electron chi connectivity index (χ1n) is 5.38. The van der Waals surface area contributed by atoms with Crippen LogP contribution in [0.2, 0.25) is 0 Å². The lowest BCUT2D eigenvalue weighted by molar-refractivity contribution is 0.123. The van der Waals surface area contributed by atoms with Gasteiger partial charge in [0.05, 0.1) is 10.3 Å². The first kappa shape index (κ1) is 13.7. The second-order valence-electron chi connectivity index (χ2n) is 4.00. The number of hydrogen-bond donors (Lipinski definition) is 1. The van der Waals surface area contributed by atoms with Crippen LogP contribution in [0, 0.1) is 5.92 Å². The van der Waals surface area contributed by atoms with E-state index in [1.54, 1.807) is 11.8 Å². The van der Waals surface area contributed by atoms with E-state index in [4.69, 9.17) is 12.2 Å². The summed E-state index contributed by atoms with van der Waals surface area (Å²) in [6.07, 6.45) is 1.54. The number of thiocarbonyl (C=S) groups is 1. The van der Waals surface area contributed by atoms with Gasteiger partial charge in [0.25, 0.3) is 0 Å². The Balaban J connectivity index is 2.74. The maximum Gasteiger partial charge on any atom is 0.0685 e. The molecule has 0 aliphatic rings. The van der Waals surface area contributed by atoms with Gasteiger partial charge in [-0.3, -0.25) is 0 Å². The molecule has 0 amide bonds. The largest absolute Gasteiger partial charge is 0.392 e. The minimum Gasteiger partial charge on any atom is -0.392 e. The Bertz CT molecular complexity index is 337. The van der Waals surface area contributed by atoms with E-state index in [2.05, 4.69) is 0 Å². The predicted molar refractivity (Wildman–Crippen MR) is 76.1 cm³/mol. The molecular weight excluding hydrogens is 236 g/mol. The van der Waals surface area contributed by atoms with Gasteiger partial charge in [-0.1, -0.05) is 56.4 Å². The van der Waals surface area contributed by atoms with Gasteiger partial charge in [-0.25, -0.2) is 0 Å². The lowest BCUT2D eigenvalue weighted by Gasteiger charge is -2.25. The van der Waals surface area contributed by atoms with Gasteiger partial charge in [-0.05, 0) is 11.8 Å². The van der Waals surface area contributed by atoms with Crippen LogP contribution in [-0.4, -0.2) is 21.7 Å². The first-order chi connectivity index (χ1) is 7.57. The molecular formula is C13H18OS2. The summed E-state index contributed by atoms with van der Waals surface area (Å²) in [5.74, 6) is 0.154. The summed E-state index contributed by atoms with van der Waals surface area (Å²) < 4.78 is 0.871. The molecule has 0 bridgehead atoms. The Morgan fingerprint density at radius 1 is 1.25 bits per heavy atom. The Morgan fingerprint density at radius 2 is 1.81 bits per heavy atom. The van der Waals surface area contributed by atoms with Gasteiger partial charge in [0.1, 0.15) is 0 Å². The number of aliphatic hydroxyl groups is 1. The molecule has 3 atom stereocenters. The van der Waals surface area contributed by atoms with Crippen molar-refractivity contribution in [3.8, 4) is 0 Å². The molecule has 3 heteroatoms. The highest BCUT2D eigenvalue weighted by atomic mass is 32.2. The average molecular weight is 254 g/mol. The zero-order chi connectivity index (χ0) is 12.1. The van der Waals surface area contributed by atoms with Crippen molar-refractivity contribution in [3.05, 3.63) is 35.9 Å². The Labute approximate surface area is 107 Å². The molecule has 0 heterocycles. The van der Waals surface area contributed by atoms with Crippen molar-refractivity contribution in [1.29, 1.82) is 0 Å². The molecule has 0 spiro atoms. The molecule has 16 heavy (non-hydrogen) atoms. The standard InChI is InChI=1S/C13H18OS2/c1-9(11-7-5-4-6-8-11)12(14)10(2)13(15)16-3/h4-10,12,14H,1-3H3/t9-,10-,12+/m0/s1. The normalized spacial score (nSPS) is 16.5. The smallest absolute Gasteiger partial charge is 0.0685 e. The van der Waals surface area contributed by atoms with Gasteiger partial charge in [-0.2, -0.15) is 0 Å². The van der Waals surface area contributed by atoms with Crippen LogP contribution in [0.25, 0.3) is 0 Å². The molecule has 0 fully saturated rings. The molecule has 0 saturated carbocycles. The fraction of sp³-hybridized carbons (Fsp3) is 0.462. The van der Waals surface area contributed by atoms with Crippen LogP contribution in [0.1, 0.15) is 25.3 Å². The highest BCUT2D eigenvalue weighted by Crippen LogP contribution is 2.26. The molecule has 0 aliphatic heterocycles. The molecule has 0 saturated heterocycles. The van der Waals surface area contributed by atoms with E-state index in [0.29, 0.717) is 0 Å². The van der Waals surface area contributed by atoms with Gasteiger partial charge < -0.3 is 5.11 Å². The van der Waals surface area contributed by atoms with Crippen molar-refractivity contribution in [1.82, 2.24) is 0 Å². The summed E-state index contributed by atoms with van der Waals surface area (Å²) in [7, 11) is 0. The summed E-state index contributed by atoms with van der Waals surface area (Å²) in [6.45, 7) is 4.03. The van der Waals surface area contributed by atoms with Crippen molar-refractivity contribution >= 4 is 28.2 Å². The summed E-state index contributed by atoms with van der Waals surface area (Å²) in [6, 6.07) is 10.1. The van der Waals surface area contributed by atoms with Crippen LogP contribution in [0.15, 0.2) is 30.3 Å². The lowest BCUT2D eigenvalue weighted by atomic mass is 9.89. The fourth-order valence-corrected chi connectivity index (χ4v) is 2.36. The van der Waals surface area contributed by atoms with Crippen LogP contribution < -0.4 is 0 Å². The van der Waals surface area contributed by atoms with Crippen LogP contribution in [0.3, 0.4) is 0 Å². The van der Waals surface area contributed by atoms with Crippen LogP contribution in [-0.2, 0) is 0 Å². The second kappa shape index (κ2) is 6.38. The highest BCUT2D eigenvalue weighted by Gasteiger charge is 2.24.